The molecule has 12 heavy (non-hydrogen) atoms. The van der Waals surface area contributed by atoms with Crippen LogP contribution in [0.25, 0.3) is 0 Å². The number of aromatic hydroxyl groups is 1. The molecule has 0 unspecified atom stereocenters. The maximum absolute atomic E-state index is 9.53. The second-order valence-electron chi connectivity index (χ2n) is 2.58. The van der Waals surface area contributed by atoms with Crippen LogP contribution in [0.5, 0.6) is 5.75 Å². The lowest BCUT2D eigenvalue weighted by atomic mass is 10.1. The zero-order valence-corrected chi connectivity index (χ0v) is 9.11. The van der Waals surface area contributed by atoms with Crippen molar-refractivity contribution in [2.45, 2.75) is 17.7 Å². The van der Waals surface area contributed by atoms with Crippen molar-refractivity contribution in [3.05, 3.63) is 23.8 Å². The van der Waals surface area contributed by atoms with Crippen molar-refractivity contribution < 1.29 is 5.11 Å². The molecule has 1 aromatic carbocycles. The third-order valence-electron chi connectivity index (χ3n) is 1.68. The molecule has 66 valence electrons. The number of phenolic OH excluding ortho intramolecular Hbond substituents is 1. The Morgan fingerprint density at radius 1 is 1.42 bits per heavy atom. The second-order valence-corrected chi connectivity index (χ2v) is 3.85. The van der Waals surface area contributed by atoms with E-state index < -0.39 is 0 Å². The molecule has 1 N–H and O–H groups in total. The van der Waals surface area contributed by atoms with Crippen molar-refractivity contribution in [1.29, 1.82) is 0 Å². The number of aryl methyl sites for hydroxylation is 1. The maximum atomic E-state index is 9.53. The van der Waals surface area contributed by atoms with E-state index in [1.54, 1.807) is 6.07 Å². The maximum Gasteiger partial charge on any atom is 0.132 e. The van der Waals surface area contributed by atoms with Gasteiger partial charge in [-0.25, -0.2) is 0 Å². The number of hydrogen-bond donors (Lipinski definition) is 2. The number of para-hydroxylation sites is 1. The van der Waals surface area contributed by atoms with E-state index in [1.165, 1.54) is 0 Å². The molecule has 0 saturated heterocycles. The summed E-state index contributed by atoms with van der Waals surface area (Å²) in [4.78, 5) is 0.655. The Kier molecular flexibility index (Phi) is 3.95. The van der Waals surface area contributed by atoms with Gasteiger partial charge in [-0.15, -0.1) is 12.6 Å². The fourth-order valence-electron chi connectivity index (χ4n) is 1.04. The van der Waals surface area contributed by atoms with E-state index in [2.05, 4.69) is 28.6 Å². The molecule has 0 fully saturated rings. The summed E-state index contributed by atoms with van der Waals surface area (Å²) in [6.07, 6.45) is 1.93. The molecule has 0 atom stereocenters. The molecule has 0 aliphatic rings. The van der Waals surface area contributed by atoms with Gasteiger partial charge in [-0.3, -0.25) is 0 Å². The van der Waals surface area contributed by atoms with Crippen molar-refractivity contribution >= 4 is 28.6 Å². The van der Waals surface area contributed by atoms with Gasteiger partial charge in [-0.2, -0.15) is 0 Å². The van der Waals surface area contributed by atoms with Gasteiger partial charge in [0.05, 0.1) is 0 Å². The van der Waals surface area contributed by atoms with Crippen LogP contribution < -0.4 is 0 Å². The molecule has 1 rings (SSSR count). The Bertz CT molecular complexity index is 263. The summed E-state index contributed by atoms with van der Waals surface area (Å²) in [6.45, 7) is 0. The van der Waals surface area contributed by atoms with Crippen molar-refractivity contribution in [1.82, 2.24) is 0 Å². The van der Waals surface area contributed by atoms with Gasteiger partial charge in [0, 0.05) is 10.2 Å². The molecular weight excluding hydrogens is 236 g/mol. The van der Waals surface area contributed by atoms with E-state index in [-0.39, 0.29) is 0 Å². The normalized spacial score (nSPS) is 10.2. The van der Waals surface area contributed by atoms with Crippen LogP contribution in [0.2, 0.25) is 0 Å². The summed E-state index contributed by atoms with van der Waals surface area (Å²) in [7, 11) is 0. The van der Waals surface area contributed by atoms with Crippen molar-refractivity contribution in [3.8, 4) is 5.75 Å². The predicted molar refractivity (Wildman–Crippen MR) is 57.5 cm³/mol. The number of rotatable bonds is 3. The Morgan fingerprint density at radius 3 is 2.83 bits per heavy atom. The third kappa shape index (κ3) is 2.42. The molecule has 0 aromatic heterocycles. The van der Waals surface area contributed by atoms with Crippen molar-refractivity contribution in [3.63, 3.8) is 0 Å². The number of halogens is 1. The highest BCUT2D eigenvalue weighted by Gasteiger charge is 2.02. The number of thiol groups is 1. The quantitative estimate of drug-likeness (QED) is 0.621. The van der Waals surface area contributed by atoms with Gasteiger partial charge in [-0.1, -0.05) is 28.1 Å². The van der Waals surface area contributed by atoms with E-state index in [1.807, 2.05) is 12.1 Å². The summed E-state index contributed by atoms with van der Waals surface area (Å²) >= 11 is 7.48. The summed E-state index contributed by atoms with van der Waals surface area (Å²) < 4.78 is 0. The van der Waals surface area contributed by atoms with Gasteiger partial charge in [0.25, 0.3) is 0 Å². The zero-order valence-electron chi connectivity index (χ0n) is 6.63. The third-order valence-corrected chi connectivity index (χ3v) is 2.60. The molecule has 1 aromatic rings. The van der Waals surface area contributed by atoms with Gasteiger partial charge in [0.2, 0.25) is 0 Å². The summed E-state index contributed by atoms with van der Waals surface area (Å²) in [5, 5.41) is 10.5. The molecule has 1 nitrogen and oxygen atoms in total. The Balaban J connectivity index is 2.78. The highest BCUT2D eigenvalue weighted by Crippen LogP contribution is 2.26. The summed E-state index contributed by atoms with van der Waals surface area (Å²) in [6, 6.07) is 5.62. The van der Waals surface area contributed by atoms with Gasteiger partial charge < -0.3 is 5.11 Å². The topological polar surface area (TPSA) is 20.2 Å². The fourth-order valence-corrected chi connectivity index (χ4v) is 1.55. The SMILES string of the molecule is Oc1c(S)cccc1CCCBr. The summed E-state index contributed by atoms with van der Waals surface area (Å²) in [5.74, 6) is 0.321. The molecule has 0 aliphatic carbocycles. The minimum Gasteiger partial charge on any atom is -0.507 e. The van der Waals surface area contributed by atoms with Gasteiger partial charge in [-0.05, 0) is 24.5 Å². The fraction of sp³-hybridized carbons (Fsp3) is 0.333. The van der Waals surface area contributed by atoms with Crippen LogP contribution in [0.3, 0.4) is 0 Å². The smallest absolute Gasteiger partial charge is 0.132 e. The van der Waals surface area contributed by atoms with E-state index >= 15 is 0 Å². The van der Waals surface area contributed by atoms with Crippen LogP contribution in [0.4, 0.5) is 0 Å². The molecule has 0 radical (unpaired) electrons. The number of alkyl halides is 1. The van der Waals surface area contributed by atoms with E-state index in [4.69, 9.17) is 0 Å². The lowest BCUT2D eigenvalue weighted by Crippen LogP contribution is -1.87. The number of phenols is 1. The minimum atomic E-state index is 0.321. The first-order valence-electron chi connectivity index (χ1n) is 3.81. The van der Waals surface area contributed by atoms with Gasteiger partial charge in [0.1, 0.15) is 5.75 Å². The Labute approximate surface area is 86.3 Å². The Morgan fingerprint density at radius 2 is 2.17 bits per heavy atom. The highest BCUT2D eigenvalue weighted by molar-refractivity contribution is 9.09. The van der Waals surface area contributed by atoms with Gasteiger partial charge >= 0.3 is 0 Å². The van der Waals surface area contributed by atoms with Crippen LogP contribution in [0.15, 0.2) is 23.1 Å². The lowest BCUT2D eigenvalue weighted by Gasteiger charge is -2.04. The van der Waals surface area contributed by atoms with Crippen molar-refractivity contribution in [2.75, 3.05) is 5.33 Å². The van der Waals surface area contributed by atoms with E-state index in [0.717, 1.165) is 23.7 Å². The van der Waals surface area contributed by atoms with Crippen LogP contribution in [-0.2, 0) is 6.42 Å². The lowest BCUT2D eigenvalue weighted by molar-refractivity contribution is 0.455. The average molecular weight is 247 g/mol. The van der Waals surface area contributed by atoms with Crippen LogP contribution >= 0.6 is 28.6 Å². The molecule has 0 spiro atoms. The van der Waals surface area contributed by atoms with Crippen LogP contribution in [0.1, 0.15) is 12.0 Å². The zero-order chi connectivity index (χ0) is 8.97. The molecule has 3 heteroatoms. The van der Waals surface area contributed by atoms with Crippen LogP contribution in [-0.4, -0.2) is 10.4 Å². The molecular formula is C9H11BrOS. The molecule has 0 aliphatic heterocycles. The van der Waals surface area contributed by atoms with Crippen LogP contribution in [0, 0.1) is 0 Å². The second kappa shape index (κ2) is 4.77. The predicted octanol–water partition coefficient (Wildman–Crippen LogP) is 3.01. The van der Waals surface area contributed by atoms with E-state index in [9.17, 15) is 5.11 Å². The molecule has 0 heterocycles. The highest BCUT2D eigenvalue weighted by atomic mass is 79.9. The standard InChI is InChI=1S/C9H11BrOS/c10-6-2-4-7-3-1-5-8(12)9(7)11/h1,3,5,11-12H,2,4,6H2. The largest absolute Gasteiger partial charge is 0.507 e. The van der Waals surface area contributed by atoms with Gasteiger partial charge in [0.15, 0.2) is 0 Å². The van der Waals surface area contributed by atoms with E-state index in [0.29, 0.717) is 10.6 Å². The molecule has 0 amide bonds. The molecule has 0 bridgehead atoms. The molecule has 0 saturated carbocycles. The number of benzene rings is 1. The number of hydrogen-bond acceptors (Lipinski definition) is 2. The Hall–Kier alpha value is -0.150. The summed E-state index contributed by atoms with van der Waals surface area (Å²) in [5.41, 5.74) is 0.974. The monoisotopic (exact) mass is 246 g/mol. The first-order chi connectivity index (χ1) is 5.75. The average Bonchev–Trinajstić information content (AvgIpc) is 2.08. The minimum absolute atomic E-state index is 0.321. The first kappa shape index (κ1) is 9.93. The first-order valence-corrected chi connectivity index (χ1v) is 5.38. The van der Waals surface area contributed by atoms with Crippen molar-refractivity contribution in [2.24, 2.45) is 0 Å².